The maximum atomic E-state index is 12.9. The lowest BCUT2D eigenvalue weighted by molar-refractivity contribution is -0.128. The Morgan fingerprint density at radius 3 is 2.75 bits per heavy atom. The van der Waals surface area contributed by atoms with Gasteiger partial charge in [0.1, 0.15) is 22.8 Å². The predicted octanol–water partition coefficient (Wildman–Crippen LogP) is 4.44. The molecule has 0 saturated heterocycles. The van der Waals surface area contributed by atoms with Crippen LogP contribution in [0.4, 0.5) is 0 Å². The first-order valence-corrected chi connectivity index (χ1v) is 9.75. The van der Waals surface area contributed by atoms with Gasteiger partial charge in [-0.2, -0.15) is 0 Å². The van der Waals surface area contributed by atoms with E-state index in [4.69, 9.17) is 14.2 Å². The van der Waals surface area contributed by atoms with Crippen LogP contribution in [0.3, 0.4) is 0 Å². The third-order valence-electron chi connectivity index (χ3n) is 5.02. The Bertz CT molecular complexity index is 846. The summed E-state index contributed by atoms with van der Waals surface area (Å²) in [6.07, 6.45) is 0.913. The topological polar surface area (TPSA) is 56.8 Å². The van der Waals surface area contributed by atoms with Crippen LogP contribution in [0.2, 0.25) is 0 Å². The fourth-order valence-corrected chi connectivity index (χ4v) is 3.53. The lowest BCUT2D eigenvalue weighted by Crippen LogP contribution is -2.44. The van der Waals surface area contributed by atoms with E-state index in [2.05, 4.69) is 12.2 Å². The van der Waals surface area contributed by atoms with Gasteiger partial charge in [0.15, 0.2) is 6.10 Å². The molecule has 150 valence electrons. The van der Waals surface area contributed by atoms with Crippen molar-refractivity contribution in [2.45, 2.75) is 58.3 Å². The van der Waals surface area contributed by atoms with Crippen LogP contribution in [0, 0.1) is 0 Å². The Morgan fingerprint density at radius 1 is 1.29 bits per heavy atom. The van der Waals surface area contributed by atoms with Gasteiger partial charge < -0.3 is 19.5 Å². The molecular formula is C23H29NO4. The highest BCUT2D eigenvalue weighted by Crippen LogP contribution is 2.41. The zero-order valence-electron chi connectivity index (χ0n) is 17.2. The van der Waals surface area contributed by atoms with Crippen molar-refractivity contribution in [3.05, 3.63) is 53.6 Å². The number of carbonyl (C=O) groups is 1. The SMILES string of the molecule is CCc1ccccc1OC(C)C(=O)NC1CC(C)(C)Oc2ccc(OC)cc21. The first kappa shape index (κ1) is 20.1. The molecular weight excluding hydrogens is 354 g/mol. The molecule has 1 aliphatic rings. The molecule has 2 unspecified atom stereocenters. The summed E-state index contributed by atoms with van der Waals surface area (Å²) in [4.78, 5) is 12.9. The van der Waals surface area contributed by atoms with Gasteiger partial charge in [0.2, 0.25) is 0 Å². The second-order valence-electron chi connectivity index (χ2n) is 7.75. The molecule has 1 aliphatic heterocycles. The zero-order valence-corrected chi connectivity index (χ0v) is 17.2. The number of aryl methyl sites for hydroxylation is 1. The molecule has 1 amide bonds. The molecule has 3 rings (SSSR count). The largest absolute Gasteiger partial charge is 0.497 e. The van der Waals surface area contributed by atoms with Gasteiger partial charge in [-0.3, -0.25) is 4.79 Å². The summed E-state index contributed by atoms with van der Waals surface area (Å²) in [6.45, 7) is 7.90. The van der Waals surface area contributed by atoms with E-state index in [9.17, 15) is 4.79 Å². The van der Waals surface area contributed by atoms with Crippen LogP contribution < -0.4 is 19.5 Å². The molecule has 2 aromatic rings. The summed E-state index contributed by atoms with van der Waals surface area (Å²) < 4.78 is 17.4. The summed E-state index contributed by atoms with van der Waals surface area (Å²) in [5.74, 6) is 2.11. The number of para-hydroxylation sites is 1. The lowest BCUT2D eigenvalue weighted by Gasteiger charge is -2.38. The quantitative estimate of drug-likeness (QED) is 0.801. The van der Waals surface area contributed by atoms with E-state index in [1.807, 2.05) is 56.3 Å². The number of benzene rings is 2. The van der Waals surface area contributed by atoms with Crippen LogP contribution in [0.25, 0.3) is 0 Å². The van der Waals surface area contributed by atoms with Crippen LogP contribution in [-0.2, 0) is 11.2 Å². The molecule has 1 heterocycles. The molecule has 0 fully saturated rings. The molecule has 0 bridgehead atoms. The van der Waals surface area contributed by atoms with Gasteiger partial charge in [0.25, 0.3) is 5.91 Å². The molecule has 0 aliphatic carbocycles. The van der Waals surface area contributed by atoms with Crippen molar-refractivity contribution in [2.75, 3.05) is 7.11 Å². The van der Waals surface area contributed by atoms with Gasteiger partial charge in [0, 0.05) is 12.0 Å². The molecule has 5 heteroatoms. The smallest absolute Gasteiger partial charge is 0.261 e. The van der Waals surface area contributed by atoms with Crippen molar-refractivity contribution in [1.82, 2.24) is 5.32 Å². The molecule has 0 saturated carbocycles. The number of nitrogens with one attached hydrogen (secondary N) is 1. The number of amides is 1. The van der Waals surface area contributed by atoms with E-state index in [0.29, 0.717) is 6.42 Å². The van der Waals surface area contributed by atoms with E-state index in [1.165, 1.54) is 0 Å². The Labute approximate surface area is 167 Å². The molecule has 0 radical (unpaired) electrons. The predicted molar refractivity (Wildman–Crippen MR) is 109 cm³/mol. The third-order valence-corrected chi connectivity index (χ3v) is 5.02. The summed E-state index contributed by atoms with van der Waals surface area (Å²) >= 11 is 0. The monoisotopic (exact) mass is 383 g/mol. The van der Waals surface area contributed by atoms with Crippen molar-refractivity contribution in [1.29, 1.82) is 0 Å². The van der Waals surface area contributed by atoms with Gasteiger partial charge in [0.05, 0.1) is 13.2 Å². The average molecular weight is 383 g/mol. The Balaban J connectivity index is 1.77. The van der Waals surface area contributed by atoms with Crippen LogP contribution >= 0.6 is 0 Å². The second kappa shape index (κ2) is 8.13. The van der Waals surface area contributed by atoms with Crippen molar-refractivity contribution >= 4 is 5.91 Å². The fourth-order valence-electron chi connectivity index (χ4n) is 3.53. The van der Waals surface area contributed by atoms with E-state index in [1.54, 1.807) is 14.0 Å². The van der Waals surface area contributed by atoms with Crippen molar-refractivity contribution < 1.29 is 19.0 Å². The first-order valence-electron chi connectivity index (χ1n) is 9.75. The van der Waals surface area contributed by atoms with E-state index in [-0.39, 0.29) is 17.6 Å². The average Bonchev–Trinajstić information content (AvgIpc) is 2.67. The number of methoxy groups -OCH3 is 1. The minimum Gasteiger partial charge on any atom is -0.497 e. The first-order chi connectivity index (χ1) is 13.3. The third kappa shape index (κ3) is 4.41. The van der Waals surface area contributed by atoms with Gasteiger partial charge in [-0.05, 0) is 57.0 Å². The molecule has 2 atom stereocenters. The van der Waals surface area contributed by atoms with Crippen molar-refractivity contribution in [3.8, 4) is 17.2 Å². The van der Waals surface area contributed by atoms with E-state index < -0.39 is 6.10 Å². The Kier molecular flexibility index (Phi) is 5.82. The van der Waals surface area contributed by atoms with Crippen LogP contribution in [0.1, 0.15) is 51.3 Å². The van der Waals surface area contributed by atoms with E-state index >= 15 is 0 Å². The van der Waals surface area contributed by atoms with Gasteiger partial charge >= 0.3 is 0 Å². The lowest BCUT2D eigenvalue weighted by atomic mass is 9.89. The number of rotatable bonds is 6. The second-order valence-corrected chi connectivity index (χ2v) is 7.75. The van der Waals surface area contributed by atoms with Gasteiger partial charge in [-0.1, -0.05) is 25.1 Å². The summed E-state index contributed by atoms with van der Waals surface area (Å²) in [5, 5.41) is 3.14. The highest BCUT2D eigenvalue weighted by atomic mass is 16.5. The zero-order chi connectivity index (χ0) is 20.3. The molecule has 0 aromatic heterocycles. The van der Waals surface area contributed by atoms with Crippen molar-refractivity contribution in [2.24, 2.45) is 0 Å². The maximum absolute atomic E-state index is 12.9. The van der Waals surface area contributed by atoms with Gasteiger partial charge in [-0.15, -0.1) is 0 Å². The van der Waals surface area contributed by atoms with Crippen molar-refractivity contribution in [3.63, 3.8) is 0 Å². The summed E-state index contributed by atoms with van der Waals surface area (Å²) in [6, 6.07) is 13.3. The van der Waals surface area contributed by atoms with Gasteiger partial charge in [-0.25, -0.2) is 0 Å². The summed E-state index contributed by atoms with van der Waals surface area (Å²) in [7, 11) is 1.63. The van der Waals surface area contributed by atoms with Crippen LogP contribution in [0.15, 0.2) is 42.5 Å². The molecule has 0 spiro atoms. The normalized spacial score (nSPS) is 18.4. The minimum atomic E-state index is -0.604. The fraction of sp³-hybridized carbons (Fsp3) is 0.435. The molecule has 5 nitrogen and oxygen atoms in total. The number of carbonyl (C=O) groups excluding carboxylic acids is 1. The summed E-state index contributed by atoms with van der Waals surface area (Å²) in [5.41, 5.74) is 1.64. The van der Waals surface area contributed by atoms with Crippen LogP contribution in [-0.4, -0.2) is 24.7 Å². The maximum Gasteiger partial charge on any atom is 0.261 e. The van der Waals surface area contributed by atoms with Crippen LogP contribution in [0.5, 0.6) is 17.2 Å². The standard InChI is InChI=1S/C23H29NO4/c1-6-16-9-7-8-10-20(16)27-15(2)22(25)24-19-14-23(3,4)28-21-12-11-17(26-5)13-18(19)21/h7-13,15,19H,6,14H2,1-5H3,(H,24,25). The number of fused-ring (bicyclic) bond motifs is 1. The minimum absolute atomic E-state index is 0.151. The molecule has 28 heavy (non-hydrogen) atoms. The van der Waals surface area contributed by atoms with E-state index in [0.717, 1.165) is 34.8 Å². The highest BCUT2D eigenvalue weighted by molar-refractivity contribution is 5.81. The molecule has 2 aromatic carbocycles. The Hall–Kier alpha value is -2.69. The Morgan fingerprint density at radius 2 is 2.04 bits per heavy atom. The number of hydrogen-bond donors (Lipinski definition) is 1. The highest BCUT2D eigenvalue weighted by Gasteiger charge is 2.35. The molecule has 1 N–H and O–H groups in total. The number of hydrogen-bond acceptors (Lipinski definition) is 4. The number of ether oxygens (including phenoxy) is 3.